The second-order valence-electron chi connectivity index (χ2n) is 10.1. The fraction of sp³-hybridized carbons (Fsp3) is 0.267. The van der Waals surface area contributed by atoms with Gasteiger partial charge in [0.1, 0.15) is 17.6 Å². The molecule has 0 amide bonds. The number of thiocarbonyl (C=S) groups is 1. The van der Waals surface area contributed by atoms with Crippen LogP contribution in [0.1, 0.15) is 43.3 Å². The molecule has 2 aromatic carbocycles. The van der Waals surface area contributed by atoms with Crippen LogP contribution in [0.4, 0.5) is 11.4 Å². The van der Waals surface area contributed by atoms with Crippen molar-refractivity contribution in [2.75, 3.05) is 22.9 Å². The number of hydrogen-bond donors (Lipinski definition) is 1. The molecule has 9 heteroatoms. The van der Waals surface area contributed by atoms with Crippen molar-refractivity contribution in [1.29, 1.82) is 0 Å². The fourth-order valence-electron chi connectivity index (χ4n) is 5.42. The third-order valence-electron chi connectivity index (χ3n) is 7.57. The summed E-state index contributed by atoms with van der Waals surface area (Å²) in [5.74, 6) is 2.09. The van der Waals surface area contributed by atoms with E-state index in [4.69, 9.17) is 51.4 Å². The number of piperidine rings is 1. The van der Waals surface area contributed by atoms with E-state index in [-0.39, 0.29) is 12.1 Å². The molecule has 2 saturated heterocycles. The van der Waals surface area contributed by atoms with E-state index >= 15 is 0 Å². The van der Waals surface area contributed by atoms with E-state index in [1.54, 1.807) is 12.3 Å². The van der Waals surface area contributed by atoms with Crippen LogP contribution in [-0.2, 0) is 0 Å². The number of halogens is 3. The minimum Gasteiger partial charge on any atom is -0.459 e. The van der Waals surface area contributed by atoms with E-state index < -0.39 is 0 Å². The molecule has 4 aromatic rings. The number of hydrogen-bond acceptors (Lipinski definition) is 4. The van der Waals surface area contributed by atoms with Gasteiger partial charge in [-0.25, -0.2) is 0 Å². The van der Waals surface area contributed by atoms with Gasteiger partial charge in [0, 0.05) is 30.5 Å². The molecule has 2 fully saturated rings. The number of furan rings is 1. The molecule has 1 N–H and O–H groups in total. The standard InChI is InChI=1S/C30H27Cl3N4OS/c1-18-12-15-36(16-13-18)24-9-8-19(17-22(24)32)37-29(28(35-30(37)39)23-7-2-3-14-34-23)26-11-10-25(38-26)20-5-4-6-21(31)27(20)33/h2-11,14,17-18,28-29H,12-13,15-16H2,1H3,(H,35,39)/t28-,29+/m1/s1. The zero-order chi connectivity index (χ0) is 27.1. The predicted octanol–water partition coefficient (Wildman–Crippen LogP) is 8.72. The maximum Gasteiger partial charge on any atom is 0.174 e. The highest BCUT2D eigenvalue weighted by atomic mass is 35.5. The minimum absolute atomic E-state index is 0.241. The molecule has 0 unspecified atom stereocenters. The first-order chi connectivity index (χ1) is 18.9. The molecule has 0 radical (unpaired) electrons. The van der Waals surface area contributed by atoms with Crippen molar-refractivity contribution < 1.29 is 4.42 Å². The molecular weight excluding hydrogens is 571 g/mol. The van der Waals surface area contributed by atoms with Gasteiger partial charge in [0.25, 0.3) is 0 Å². The second-order valence-corrected chi connectivity index (χ2v) is 11.7. The summed E-state index contributed by atoms with van der Waals surface area (Å²) in [6.45, 7) is 4.33. The Bertz CT molecular complexity index is 1500. The van der Waals surface area contributed by atoms with Gasteiger partial charge in [0.05, 0.1) is 32.5 Å². The molecule has 2 aliphatic rings. The van der Waals surface area contributed by atoms with Crippen LogP contribution in [0.15, 0.2) is 77.3 Å². The Morgan fingerprint density at radius 3 is 2.51 bits per heavy atom. The van der Waals surface area contributed by atoms with Gasteiger partial charge in [-0.15, -0.1) is 0 Å². The molecular formula is C30H27Cl3N4OS. The highest BCUT2D eigenvalue weighted by Gasteiger charge is 2.43. The van der Waals surface area contributed by atoms with E-state index in [1.165, 1.54) is 12.8 Å². The van der Waals surface area contributed by atoms with Crippen LogP contribution < -0.4 is 15.1 Å². The van der Waals surface area contributed by atoms with E-state index in [2.05, 4.69) is 39.2 Å². The first-order valence-corrected chi connectivity index (χ1v) is 14.5. The van der Waals surface area contributed by atoms with Crippen LogP contribution in [0.25, 0.3) is 11.3 Å². The lowest BCUT2D eigenvalue weighted by Crippen LogP contribution is -2.33. The van der Waals surface area contributed by atoms with Crippen LogP contribution >= 0.6 is 47.0 Å². The smallest absolute Gasteiger partial charge is 0.174 e. The maximum absolute atomic E-state index is 6.89. The van der Waals surface area contributed by atoms with Crippen molar-refractivity contribution >= 4 is 63.5 Å². The number of rotatable bonds is 5. The van der Waals surface area contributed by atoms with Crippen molar-refractivity contribution in [3.05, 3.63) is 99.4 Å². The van der Waals surface area contributed by atoms with E-state index in [9.17, 15) is 0 Å². The Labute approximate surface area is 248 Å². The molecule has 200 valence electrons. The van der Waals surface area contributed by atoms with Gasteiger partial charge in [0.2, 0.25) is 0 Å². The van der Waals surface area contributed by atoms with Crippen molar-refractivity contribution in [3.63, 3.8) is 0 Å². The SMILES string of the molecule is CC1CCN(c2ccc(N3C(=S)N[C@H](c4ccccn4)[C@@H]3c3ccc(-c4cccc(Cl)c4Cl)o3)cc2Cl)CC1. The third kappa shape index (κ3) is 5.11. The quantitative estimate of drug-likeness (QED) is 0.232. The third-order valence-corrected chi connectivity index (χ3v) is 9.00. The lowest BCUT2D eigenvalue weighted by molar-refractivity contribution is 0.438. The number of benzene rings is 2. The number of aromatic nitrogens is 1. The zero-order valence-corrected chi connectivity index (χ0v) is 24.4. The molecule has 2 atom stereocenters. The molecule has 39 heavy (non-hydrogen) atoms. The fourth-order valence-corrected chi connectivity index (χ4v) is 6.46. The van der Waals surface area contributed by atoms with Gasteiger partial charge in [-0.3, -0.25) is 4.98 Å². The maximum atomic E-state index is 6.89. The van der Waals surface area contributed by atoms with Gasteiger partial charge in [-0.1, -0.05) is 53.9 Å². The summed E-state index contributed by atoms with van der Waals surface area (Å²) in [5.41, 5.74) is 3.53. The molecule has 2 aromatic heterocycles. The number of anilines is 2. The van der Waals surface area contributed by atoms with Crippen molar-refractivity contribution in [2.45, 2.75) is 31.8 Å². The van der Waals surface area contributed by atoms with Crippen LogP contribution in [0, 0.1) is 5.92 Å². The van der Waals surface area contributed by atoms with E-state index in [0.717, 1.165) is 41.6 Å². The second kappa shape index (κ2) is 11.0. The van der Waals surface area contributed by atoms with Crippen molar-refractivity contribution in [2.24, 2.45) is 5.92 Å². The minimum atomic E-state index is -0.308. The summed E-state index contributed by atoms with van der Waals surface area (Å²) in [7, 11) is 0. The average Bonchev–Trinajstić information content (AvgIpc) is 3.56. The summed E-state index contributed by atoms with van der Waals surface area (Å²) >= 11 is 25.6. The van der Waals surface area contributed by atoms with Gasteiger partial charge in [-0.05, 0) is 85.6 Å². The summed E-state index contributed by atoms with van der Waals surface area (Å²) in [6.07, 6.45) is 4.12. The van der Waals surface area contributed by atoms with Crippen molar-refractivity contribution in [1.82, 2.24) is 10.3 Å². The predicted molar refractivity (Wildman–Crippen MR) is 164 cm³/mol. The van der Waals surface area contributed by atoms with Crippen molar-refractivity contribution in [3.8, 4) is 11.3 Å². The summed E-state index contributed by atoms with van der Waals surface area (Å²) in [4.78, 5) is 9.06. The Morgan fingerprint density at radius 2 is 1.77 bits per heavy atom. The molecule has 6 rings (SSSR count). The molecule has 0 spiro atoms. The first kappa shape index (κ1) is 26.5. The molecule has 0 bridgehead atoms. The summed E-state index contributed by atoms with van der Waals surface area (Å²) in [5, 5.41) is 5.68. The molecule has 0 aliphatic carbocycles. The van der Waals surface area contributed by atoms with Crippen LogP contribution in [0.3, 0.4) is 0 Å². The van der Waals surface area contributed by atoms with E-state index in [0.29, 0.717) is 31.7 Å². The van der Waals surface area contributed by atoms with Crippen LogP contribution in [0.5, 0.6) is 0 Å². The zero-order valence-electron chi connectivity index (χ0n) is 21.3. The largest absolute Gasteiger partial charge is 0.459 e. The van der Waals surface area contributed by atoms with Crippen LogP contribution in [0.2, 0.25) is 15.1 Å². The number of pyridine rings is 1. The molecule has 2 aliphatic heterocycles. The highest BCUT2D eigenvalue weighted by molar-refractivity contribution is 7.80. The average molecular weight is 598 g/mol. The lowest BCUT2D eigenvalue weighted by atomic mass is 9.98. The van der Waals surface area contributed by atoms with Crippen LogP contribution in [-0.4, -0.2) is 23.2 Å². The topological polar surface area (TPSA) is 44.5 Å². The van der Waals surface area contributed by atoms with Gasteiger partial charge in [0.15, 0.2) is 5.11 Å². The summed E-state index contributed by atoms with van der Waals surface area (Å²) in [6, 6.07) is 20.9. The van der Waals surface area contributed by atoms with E-state index in [1.807, 2.05) is 48.5 Å². The Kier molecular flexibility index (Phi) is 7.47. The number of nitrogens with zero attached hydrogens (tertiary/aromatic N) is 3. The lowest BCUT2D eigenvalue weighted by Gasteiger charge is -2.33. The molecule has 5 nitrogen and oxygen atoms in total. The Hall–Kier alpha value is -2.77. The first-order valence-electron chi connectivity index (χ1n) is 13.0. The monoisotopic (exact) mass is 596 g/mol. The summed E-state index contributed by atoms with van der Waals surface area (Å²) < 4.78 is 6.45. The van der Waals surface area contributed by atoms with Gasteiger partial charge < -0.3 is 19.5 Å². The van der Waals surface area contributed by atoms with Gasteiger partial charge >= 0.3 is 0 Å². The molecule has 0 saturated carbocycles. The van der Waals surface area contributed by atoms with Gasteiger partial charge in [-0.2, -0.15) is 0 Å². The normalized spacial score (nSPS) is 19.9. The Balaban J connectivity index is 1.39. The Morgan fingerprint density at radius 1 is 0.949 bits per heavy atom. The number of nitrogens with one attached hydrogen (secondary N) is 1. The molecule has 4 heterocycles. The highest BCUT2D eigenvalue weighted by Crippen LogP contribution is 2.45.